The Morgan fingerprint density at radius 3 is 2.58 bits per heavy atom. The van der Waals surface area contributed by atoms with Crippen molar-refractivity contribution in [2.75, 3.05) is 13.1 Å². The molecule has 2 aromatic heterocycles. The first-order valence-corrected chi connectivity index (χ1v) is 8.84. The zero-order valence-electron chi connectivity index (χ0n) is 14.9. The highest BCUT2D eigenvalue weighted by atomic mass is 16.5. The Hall–Kier alpha value is -2.73. The van der Waals surface area contributed by atoms with E-state index in [0.717, 1.165) is 11.1 Å². The zero-order chi connectivity index (χ0) is 18.3. The highest BCUT2D eigenvalue weighted by Gasteiger charge is 2.26. The standard InChI is InChI=1S/C20H21N3O3/c1-12-3-5-14(6-4-12)17-11-16(18-13(2)22-26-19(18)21-17)20(25)23-9-7-15(24)8-10-23/h3-6,11,15,24H,7-10H2,1-2H3. The molecule has 1 amide bonds. The van der Waals surface area contributed by atoms with Crippen molar-refractivity contribution in [3.8, 4) is 11.3 Å². The Morgan fingerprint density at radius 1 is 1.19 bits per heavy atom. The van der Waals surface area contributed by atoms with Crippen LogP contribution in [0.25, 0.3) is 22.4 Å². The van der Waals surface area contributed by atoms with E-state index < -0.39 is 0 Å². The molecule has 0 aliphatic carbocycles. The predicted octanol–water partition coefficient (Wildman–Crippen LogP) is 3.10. The number of aromatic nitrogens is 2. The molecule has 0 spiro atoms. The third kappa shape index (κ3) is 2.97. The fourth-order valence-corrected chi connectivity index (χ4v) is 3.37. The summed E-state index contributed by atoms with van der Waals surface area (Å²) in [4.78, 5) is 19.5. The van der Waals surface area contributed by atoms with E-state index >= 15 is 0 Å². The van der Waals surface area contributed by atoms with Gasteiger partial charge in [-0.15, -0.1) is 0 Å². The van der Waals surface area contributed by atoms with Crippen LogP contribution in [0.3, 0.4) is 0 Å². The van der Waals surface area contributed by atoms with Crippen molar-refractivity contribution in [3.05, 3.63) is 47.2 Å². The summed E-state index contributed by atoms with van der Waals surface area (Å²) >= 11 is 0. The molecule has 1 aliphatic rings. The lowest BCUT2D eigenvalue weighted by Gasteiger charge is -2.29. The second-order valence-corrected chi connectivity index (χ2v) is 6.89. The average Bonchev–Trinajstić information content (AvgIpc) is 3.03. The number of rotatable bonds is 2. The fraction of sp³-hybridized carbons (Fsp3) is 0.350. The van der Waals surface area contributed by atoms with E-state index in [4.69, 9.17) is 4.52 Å². The number of aliphatic hydroxyl groups is 1. The molecular weight excluding hydrogens is 330 g/mol. The summed E-state index contributed by atoms with van der Waals surface area (Å²) in [6.45, 7) is 4.94. The maximum absolute atomic E-state index is 13.2. The zero-order valence-corrected chi connectivity index (χ0v) is 14.9. The van der Waals surface area contributed by atoms with Gasteiger partial charge in [-0.25, -0.2) is 4.98 Å². The number of carbonyl (C=O) groups is 1. The van der Waals surface area contributed by atoms with Crippen LogP contribution in [-0.4, -0.2) is 45.2 Å². The minimum Gasteiger partial charge on any atom is -0.393 e. The van der Waals surface area contributed by atoms with Crippen molar-refractivity contribution >= 4 is 17.0 Å². The number of fused-ring (bicyclic) bond motifs is 1. The third-order valence-corrected chi connectivity index (χ3v) is 4.95. The number of amides is 1. The van der Waals surface area contributed by atoms with Gasteiger partial charge in [0.2, 0.25) is 0 Å². The van der Waals surface area contributed by atoms with Crippen LogP contribution in [0.15, 0.2) is 34.9 Å². The minimum atomic E-state index is -0.322. The monoisotopic (exact) mass is 351 g/mol. The van der Waals surface area contributed by atoms with E-state index in [-0.39, 0.29) is 12.0 Å². The molecule has 0 radical (unpaired) electrons. The topological polar surface area (TPSA) is 79.5 Å². The number of aliphatic hydroxyl groups excluding tert-OH is 1. The number of hydrogen-bond acceptors (Lipinski definition) is 5. The molecule has 3 aromatic rings. The summed E-state index contributed by atoms with van der Waals surface area (Å²) < 4.78 is 5.36. The number of nitrogens with zero attached hydrogens (tertiary/aromatic N) is 3. The van der Waals surface area contributed by atoms with Crippen LogP contribution in [-0.2, 0) is 0 Å². The minimum absolute atomic E-state index is 0.0658. The van der Waals surface area contributed by atoms with Crippen LogP contribution >= 0.6 is 0 Å². The van der Waals surface area contributed by atoms with Gasteiger partial charge in [0, 0.05) is 18.7 Å². The molecule has 0 unspecified atom stereocenters. The smallest absolute Gasteiger partial charge is 0.259 e. The van der Waals surface area contributed by atoms with E-state index in [9.17, 15) is 9.90 Å². The van der Waals surface area contributed by atoms with Crippen LogP contribution in [0.1, 0.15) is 34.5 Å². The summed E-state index contributed by atoms with van der Waals surface area (Å²) in [5, 5.41) is 14.4. The normalized spacial score (nSPS) is 15.6. The molecule has 0 atom stereocenters. The predicted molar refractivity (Wildman–Crippen MR) is 97.9 cm³/mol. The van der Waals surface area contributed by atoms with E-state index in [0.29, 0.717) is 54.0 Å². The molecule has 6 heteroatoms. The van der Waals surface area contributed by atoms with Gasteiger partial charge < -0.3 is 14.5 Å². The van der Waals surface area contributed by atoms with Gasteiger partial charge in [-0.05, 0) is 32.8 Å². The molecule has 1 aromatic carbocycles. The highest BCUT2D eigenvalue weighted by molar-refractivity contribution is 6.07. The SMILES string of the molecule is Cc1ccc(-c2cc(C(=O)N3CCC(O)CC3)c3c(C)noc3n2)cc1. The van der Waals surface area contributed by atoms with Gasteiger partial charge in [0.05, 0.1) is 28.4 Å². The molecule has 3 heterocycles. The first kappa shape index (κ1) is 16.7. The largest absolute Gasteiger partial charge is 0.393 e. The number of likely N-dealkylation sites (tertiary alicyclic amines) is 1. The Bertz CT molecular complexity index is 954. The molecule has 1 N–H and O–H groups in total. The molecule has 0 saturated carbocycles. The second-order valence-electron chi connectivity index (χ2n) is 6.89. The summed E-state index contributed by atoms with van der Waals surface area (Å²) in [7, 11) is 0. The lowest BCUT2D eigenvalue weighted by molar-refractivity contribution is 0.0548. The highest BCUT2D eigenvalue weighted by Crippen LogP contribution is 2.28. The Balaban J connectivity index is 1.80. The summed E-state index contributed by atoms with van der Waals surface area (Å²) in [6, 6.07) is 9.82. The van der Waals surface area contributed by atoms with E-state index in [1.807, 2.05) is 44.2 Å². The van der Waals surface area contributed by atoms with Gasteiger partial charge in [0.1, 0.15) is 0 Å². The number of piperidine rings is 1. The van der Waals surface area contributed by atoms with Crippen molar-refractivity contribution in [1.82, 2.24) is 15.0 Å². The van der Waals surface area contributed by atoms with Crippen LogP contribution in [0.2, 0.25) is 0 Å². The van der Waals surface area contributed by atoms with Gasteiger partial charge in [-0.3, -0.25) is 4.79 Å². The maximum atomic E-state index is 13.2. The van der Waals surface area contributed by atoms with Crippen LogP contribution in [0.4, 0.5) is 0 Å². The lowest BCUT2D eigenvalue weighted by Crippen LogP contribution is -2.40. The first-order chi connectivity index (χ1) is 12.5. The third-order valence-electron chi connectivity index (χ3n) is 4.95. The van der Waals surface area contributed by atoms with Crippen molar-refractivity contribution in [2.24, 2.45) is 0 Å². The van der Waals surface area contributed by atoms with Crippen molar-refractivity contribution in [3.63, 3.8) is 0 Å². The van der Waals surface area contributed by atoms with Crippen LogP contribution in [0.5, 0.6) is 0 Å². The number of aryl methyl sites for hydroxylation is 2. The summed E-state index contributed by atoms with van der Waals surface area (Å²) in [5.41, 5.74) is 4.36. The quantitative estimate of drug-likeness (QED) is 0.767. The lowest BCUT2D eigenvalue weighted by atomic mass is 10.0. The molecule has 134 valence electrons. The molecule has 1 fully saturated rings. The van der Waals surface area contributed by atoms with Crippen LogP contribution in [0, 0.1) is 13.8 Å². The van der Waals surface area contributed by atoms with E-state index in [2.05, 4.69) is 10.1 Å². The number of carbonyl (C=O) groups excluding carboxylic acids is 1. The van der Waals surface area contributed by atoms with Crippen molar-refractivity contribution in [2.45, 2.75) is 32.8 Å². The van der Waals surface area contributed by atoms with Crippen molar-refractivity contribution in [1.29, 1.82) is 0 Å². The molecule has 6 nitrogen and oxygen atoms in total. The Labute approximate surface area is 151 Å². The number of benzene rings is 1. The van der Waals surface area contributed by atoms with E-state index in [1.54, 1.807) is 4.90 Å². The van der Waals surface area contributed by atoms with Gasteiger partial charge in [0.25, 0.3) is 11.6 Å². The molecule has 0 bridgehead atoms. The summed E-state index contributed by atoms with van der Waals surface area (Å²) in [6.07, 6.45) is 0.887. The average molecular weight is 351 g/mol. The van der Waals surface area contributed by atoms with Gasteiger partial charge >= 0.3 is 0 Å². The molecule has 1 aliphatic heterocycles. The fourth-order valence-electron chi connectivity index (χ4n) is 3.37. The second kappa shape index (κ2) is 6.53. The summed E-state index contributed by atoms with van der Waals surface area (Å²) in [5.74, 6) is -0.0658. The van der Waals surface area contributed by atoms with Crippen molar-refractivity contribution < 1.29 is 14.4 Å². The van der Waals surface area contributed by atoms with Gasteiger partial charge in [-0.1, -0.05) is 35.0 Å². The molecule has 1 saturated heterocycles. The maximum Gasteiger partial charge on any atom is 0.259 e. The van der Waals surface area contributed by atoms with Gasteiger partial charge in [0.15, 0.2) is 0 Å². The van der Waals surface area contributed by atoms with E-state index in [1.165, 1.54) is 0 Å². The molecular formula is C20H21N3O3. The van der Waals surface area contributed by atoms with Crippen LogP contribution < -0.4 is 0 Å². The molecule has 4 rings (SSSR count). The first-order valence-electron chi connectivity index (χ1n) is 8.84. The van der Waals surface area contributed by atoms with Gasteiger partial charge in [-0.2, -0.15) is 0 Å². The number of pyridine rings is 1. The Kier molecular flexibility index (Phi) is 4.20. The molecule has 26 heavy (non-hydrogen) atoms. The Morgan fingerprint density at radius 2 is 1.88 bits per heavy atom. The number of hydrogen-bond donors (Lipinski definition) is 1.